The number of hydrogen-bond donors (Lipinski definition) is 3. The van der Waals surface area contributed by atoms with E-state index in [1.807, 2.05) is 26.8 Å². The molecule has 4 N–H and O–H groups in total. The fourth-order valence-electron chi connectivity index (χ4n) is 1.52. The zero-order chi connectivity index (χ0) is 13.0. The van der Waals surface area contributed by atoms with Gasteiger partial charge in [0.2, 0.25) is 0 Å². The summed E-state index contributed by atoms with van der Waals surface area (Å²) < 4.78 is 0. The summed E-state index contributed by atoms with van der Waals surface area (Å²) in [5.41, 5.74) is 8.01. The van der Waals surface area contributed by atoms with E-state index in [1.165, 1.54) is 0 Å². The van der Waals surface area contributed by atoms with Crippen LogP contribution in [0, 0.1) is 25.2 Å². The predicted octanol–water partition coefficient (Wildman–Crippen LogP) is 1.70. The van der Waals surface area contributed by atoms with Gasteiger partial charge in [-0.15, -0.1) is 11.8 Å². The Bertz CT molecular complexity index is 420. The normalized spacial score (nSPS) is 12.5. The zero-order valence-corrected chi connectivity index (χ0v) is 11.3. The van der Waals surface area contributed by atoms with Gasteiger partial charge in [-0.05, 0) is 25.8 Å². The number of nitrogens with zero attached hydrogens (tertiary/aromatic N) is 1. The highest BCUT2D eigenvalue weighted by molar-refractivity contribution is 7.99. The molecule has 0 saturated carbocycles. The van der Waals surface area contributed by atoms with Gasteiger partial charge in [0.1, 0.15) is 5.84 Å². The second kappa shape index (κ2) is 6.02. The quantitative estimate of drug-likeness (QED) is 0.424. The van der Waals surface area contributed by atoms with Crippen LogP contribution in [0.4, 0.5) is 0 Å². The summed E-state index contributed by atoms with van der Waals surface area (Å²) in [7, 11) is 0. The van der Waals surface area contributed by atoms with Crippen molar-refractivity contribution < 1.29 is 5.11 Å². The van der Waals surface area contributed by atoms with Crippen LogP contribution < -0.4 is 5.73 Å². The molecule has 1 unspecified atom stereocenters. The highest BCUT2D eigenvalue weighted by Crippen LogP contribution is 2.26. The van der Waals surface area contributed by atoms with Crippen LogP contribution in [0.3, 0.4) is 0 Å². The molecule has 0 aliphatic carbocycles. The Balaban J connectivity index is 3.00. The van der Waals surface area contributed by atoms with E-state index >= 15 is 0 Å². The molecular weight excluding hydrogens is 234 g/mol. The van der Waals surface area contributed by atoms with Gasteiger partial charge in [-0.3, -0.25) is 10.4 Å². The third kappa shape index (κ3) is 3.71. The van der Waals surface area contributed by atoms with Gasteiger partial charge in [0.15, 0.2) is 0 Å². The first-order chi connectivity index (χ1) is 7.95. The Morgan fingerprint density at radius 1 is 1.59 bits per heavy atom. The standard InChI is InChI=1S/C12H19N3OS/c1-7(5-16)6-17-10-4-8(2)15-9(3)11(10)12(13)14/h4,7,16H,5-6H2,1-3H3,(H3,13,14). The number of amidine groups is 1. The molecule has 1 rings (SSSR count). The summed E-state index contributed by atoms with van der Waals surface area (Å²) in [4.78, 5) is 5.29. The van der Waals surface area contributed by atoms with Crippen LogP contribution in [0.2, 0.25) is 0 Å². The van der Waals surface area contributed by atoms with E-state index in [-0.39, 0.29) is 18.4 Å². The summed E-state index contributed by atoms with van der Waals surface area (Å²) >= 11 is 1.62. The zero-order valence-electron chi connectivity index (χ0n) is 10.4. The number of nitrogen functional groups attached to an aromatic ring is 1. The minimum absolute atomic E-state index is 0.0501. The van der Waals surface area contributed by atoms with Crippen LogP contribution in [0.25, 0.3) is 0 Å². The van der Waals surface area contributed by atoms with Crippen molar-refractivity contribution in [1.29, 1.82) is 5.41 Å². The Morgan fingerprint density at radius 2 is 2.24 bits per heavy atom. The summed E-state index contributed by atoms with van der Waals surface area (Å²) in [6.45, 7) is 5.95. The van der Waals surface area contributed by atoms with Crippen LogP contribution >= 0.6 is 11.8 Å². The molecule has 0 aliphatic rings. The van der Waals surface area contributed by atoms with Gasteiger partial charge in [-0.2, -0.15) is 0 Å². The predicted molar refractivity (Wildman–Crippen MR) is 71.7 cm³/mol. The van der Waals surface area contributed by atoms with Crippen molar-refractivity contribution in [3.8, 4) is 0 Å². The van der Waals surface area contributed by atoms with E-state index in [0.29, 0.717) is 5.56 Å². The molecule has 1 atom stereocenters. The van der Waals surface area contributed by atoms with Crippen molar-refractivity contribution in [2.75, 3.05) is 12.4 Å². The maximum absolute atomic E-state index is 9.01. The number of pyridine rings is 1. The maximum Gasteiger partial charge on any atom is 0.125 e. The minimum atomic E-state index is 0.0501. The van der Waals surface area contributed by atoms with Crippen molar-refractivity contribution in [3.63, 3.8) is 0 Å². The van der Waals surface area contributed by atoms with E-state index in [0.717, 1.165) is 22.0 Å². The van der Waals surface area contributed by atoms with E-state index in [2.05, 4.69) is 4.98 Å². The van der Waals surface area contributed by atoms with Gasteiger partial charge in [-0.1, -0.05) is 6.92 Å². The van der Waals surface area contributed by atoms with Gasteiger partial charge in [0.05, 0.1) is 5.56 Å². The first-order valence-electron chi connectivity index (χ1n) is 5.52. The molecule has 0 saturated heterocycles. The van der Waals surface area contributed by atoms with Crippen molar-refractivity contribution in [2.45, 2.75) is 25.7 Å². The molecular formula is C12H19N3OS. The average Bonchev–Trinajstić information content (AvgIpc) is 2.24. The number of aliphatic hydroxyl groups is 1. The van der Waals surface area contributed by atoms with Crippen LogP contribution in [-0.4, -0.2) is 28.3 Å². The summed E-state index contributed by atoms with van der Waals surface area (Å²) in [5, 5.41) is 16.6. The number of aliphatic hydroxyl groups excluding tert-OH is 1. The minimum Gasteiger partial charge on any atom is -0.396 e. The van der Waals surface area contributed by atoms with E-state index in [9.17, 15) is 0 Å². The lowest BCUT2D eigenvalue weighted by Gasteiger charge is -2.13. The Morgan fingerprint density at radius 3 is 2.76 bits per heavy atom. The first kappa shape index (κ1) is 14.0. The number of aromatic nitrogens is 1. The van der Waals surface area contributed by atoms with Crippen molar-refractivity contribution in [1.82, 2.24) is 4.98 Å². The summed E-state index contributed by atoms with van der Waals surface area (Å²) in [6.07, 6.45) is 0. The molecule has 0 amide bonds. The number of thioether (sulfide) groups is 1. The van der Waals surface area contributed by atoms with Crippen molar-refractivity contribution >= 4 is 17.6 Å². The van der Waals surface area contributed by atoms with Crippen molar-refractivity contribution in [2.24, 2.45) is 11.7 Å². The molecule has 17 heavy (non-hydrogen) atoms. The van der Waals surface area contributed by atoms with Gasteiger partial charge in [-0.25, -0.2) is 0 Å². The van der Waals surface area contributed by atoms with E-state index in [4.69, 9.17) is 16.2 Å². The van der Waals surface area contributed by atoms with Gasteiger partial charge < -0.3 is 10.8 Å². The lowest BCUT2D eigenvalue weighted by atomic mass is 10.1. The second-order valence-electron chi connectivity index (χ2n) is 4.23. The Kier molecular flexibility index (Phi) is 4.96. The molecule has 0 spiro atoms. The molecule has 0 bridgehead atoms. The third-order valence-electron chi connectivity index (χ3n) is 2.40. The van der Waals surface area contributed by atoms with Gasteiger partial charge in [0, 0.05) is 28.6 Å². The lowest BCUT2D eigenvalue weighted by molar-refractivity contribution is 0.250. The SMILES string of the molecule is Cc1cc(SCC(C)CO)c(C(=N)N)c(C)n1. The number of rotatable bonds is 5. The molecule has 5 heteroatoms. The van der Waals surface area contributed by atoms with Gasteiger partial charge >= 0.3 is 0 Å². The molecule has 0 radical (unpaired) electrons. The molecule has 0 fully saturated rings. The molecule has 1 aromatic heterocycles. The number of nitrogens with one attached hydrogen (secondary N) is 1. The number of hydrogen-bond acceptors (Lipinski definition) is 4. The highest BCUT2D eigenvalue weighted by atomic mass is 32.2. The van der Waals surface area contributed by atoms with Crippen LogP contribution in [-0.2, 0) is 0 Å². The molecule has 94 valence electrons. The summed E-state index contributed by atoms with van der Waals surface area (Å²) in [5.74, 6) is 1.09. The van der Waals surface area contributed by atoms with E-state index < -0.39 is 0 Å². The van der Waals surface area contributed by atoms with Crippen LogP contribution in [0.5, 0.6) is 0 Å². The van der Waals surface area contributed by atoms with Crippen molar-refractivity contribution in [3.05, 3.63) is 23.0 Å². The fourth-order valence-corrected chi connectivity index (χ4v) is 2.74. The lowest BCUT2D eigenvalue weighted by Crippen LogP contribution is -2.16. The summed E-state index contributed by atoms with van der Waals surface area (Å²) in [6, 6.07) is 1.94. The Labute approximate surface area is 106 Å². The van der Waals surface area contributed by atoms with E-state index in [1.54, 1.807) is 11.8 Å². The number of aryl methyl sites for hydroxylation is 2. The number of nitrogens with two attached hydrogens (primary N) is 1. The monoisotopic (exact) mass is 253 g/mol. The third-order valence-corrected chi connectivity index (χ3v) is 3.77. The fraction of sp³-hybridized carbons (Fsp3) is 0.500. The van der Waals surface area contributed by atoms with Crippen LogP contribution in [0.1, 0.15) is 23.9 Å². The molecule has 4 nitrogen and oxygen atoms in total. The van der Waals surface area contributed by atoms with Gasteiger partial charge in [0.25, 0.3) is 0 Å². The maximum atomic E-state index is 9.01. The molecule has 0 aliphatic heterocycles. The molecule has 0 aromatic carbocycles. The molecule has 1 aromatic rings. The van der Waals surface area contributed by atoms with Crippen LogP contribution in [0.15, 0.2) is 11.0 Å². The highest BCUT2D eigenvalue weighted by Gasteiger charge is 2.12. The molecule has 1 heterocycles. The smallest absolute Gasteiger partial charge is 0.125 e. The Hall–Kier alpha value is -1.07. The first-order valence-corrected chi connectivity index (χ1v) is 6.50. The topological polar surface area (TPSA) is 83.0 Å². The second-order valence-corrected chi connectivity index (χ2v) is 5.30. The average molecular weight is 253 g/mol. The largest absolute Gasteiger partial charge is 0.396 e.